The predicted molar refractivity (Wildman–Crippen MR) is 75.2 cm³/mol. The average Bonchev–Trinajstić information content (AvgIpc) is 2.60. The average molecular weight is 291 g/mol. The lowest BCUT2D eigenvalue weighted by Gasteiger charge is -2.22. The Balaban J connectivity index is 2.49. The van der Waals surface area contributed by atoms with Gasteiger partial charge in [-0.2, -0.15) is 0 Å². The molecule has 1 aromatic heterocycles. The molecule has 1 amide bonds. The van der Waals surface area contributed by atoms with Crippen molar-refractivity contribution in [3.05, 3.63) is 21.3 Å². The van der Waals surface area contributed by atoms with E-state index in [4.69, 9.17) is 22.1 Å². The quantitative estimate of drug-likeness (QED) is 0.896. The number of amides is 1. The van der Waals surface area contributed by atoms with Gasteiger partial charge in [0.15, 0.2) is 0 Å². The monoisotopic (exact) mass is 290 g/mol. The van der Waals surface area contributed by atoms with E-state index >= 15 is 0 Å². The summed E-state index contributed by atoms with van der Waals surface area (Å²) in [5.74, 6) is 0. The first kappa shape index (κ1) is 15.3. The molecule has 4 nitrogen and oxygen atoms in total. The number of rotatable bonds is 4. The van der Waals surface area contributed by atoms with Crippen LogP contribution in [0.3, 0.4) is 0 Å². The molecule has 1 rings (SSSR count). The highest BCUT2D eigenvalue weighted by molar-refractivity contribution is 7.10. The van der Waals surface area contributed by atoms with Crippen LogP contribution in [-0.2, 0) is 11.2 Å². The van der Waals surface area contributed by atoms with Crippen LogP contribution in [0.4, 0.5) is 4.79 Å². The van der Waals surface area contributed by atoms with Crippen LogP contribution in [0.5, 0.6) is 0 Å². The third-order valence-corrected chi connectivity index (χ3v) is 3.38. The largest absolute Gasteiger partial charge is 0.444 e. The van der Waals surface area contributed by atoms with Crippen LogP contribution in [0.15, 0.2) is 11.4 Å². The maximum absolute atomic E-state index is 11.6. The molecule has 102 valence electrons. The molecule has 0 aliphatic carbocycles. The normalized spacial score (nSPS) is 13.2. The van der Waals surface area contributed by atoms with Gasteiger partial charge in [0.05, 0.1) is 5.02 Å². The van der Waals surface area contributed by atoms with Gasteiger partial charge in [0.2, 0.25) is 0 Å². The highest BCUT2D eigenvalue weighted by Gasteiger charge is 2.19. The molecule has 1 atom stereocenters. The number of carbonyl (C=O) groups is 1. The molecule has 0 saturated carbocycles. The maximum atomic E-state index is 11.6. The van der Waals surface area contributed by atoms with Crippen molar-refractivity contribution in [1.82, 2.24) is 5.32 Å². The molecular weight excluding hydrogens is 272 g/mol. The summed E-state index contributed by atoms with van der Waals surface area (Å²) in [7, 11) is 0. The Morgan fingerprint density at radius 1 is 1.61 bits per heavy atom. The SMILES string of the molecule is CC(C)(C)OC(=O)NC(CN)Cc1cc(Cl)cs1. The van der Waals surface area contributed by atoms with Crippen LogP contribution in [0.2, 0.25) is 5.02 Å². The molecule has 1 heterocycles. The first-order chi connectivity index (χ1) is 8.30. The molecule has 3 N–H and O–H groups in total. The van der Waals surface area contributed by atoms with Crippen LogP contribution in [0.25, 0.3) is 0 Å². The molecule has 0 aliphatic rings. The fourth-order valence-corrected chi connectivity index (χ4v) is 2.53. The summed E-state index contributed by atoms with van der Waals surface area (Å²) in [6, 6.07) is 1.74. The topological polar surface area (TPSA) is 64.3 Å². The van der Waals surface area contributed by atoms with Gasteiger partial charge < -0.3 is 15.8 Å². The Morgan fingerprint density at radius 2 is 2.28 bits per heavy atom. The van der Waals surface area contributed by atoms with E-state index in [-0.39, 0.29) is 6.04 Å². The number of nitrogens with one attached hydrogen (secondary N) is 1. The van der Waals surface area contributed by atoms with Gasteiger partial charge >= 0.3 is 6.09 Å². The van der Waals surface area contributed by atoms with Gasteiger partial charge in [-0.1, -0.05) is 11.6 Å². The van der Waals surface area contributed by atoms with Crippen molar-refractivity contribution in [2.75, 3.05) is 6.54 Å². The van der Waals surface area contributed by atoms with Gasteiger partial charge in [0, 0.05) is 29.3 Å². The lowest BCUT2D eigenvalue weighted by atomic mass is 10.2. The Hall–Kier alpha value is -0.780. The molecular formula is C12H19ClN2O2S. The van der Waals surface area contributed by atoms with E-state index < -0.39 is 11.7 Å². The van der Waals surface area contributed by atoms with Gasteiger partial charge in [0.1, 0.15) is 5.60 Å². The molecule has 0 aliphatic heterocycles. The molecule has 1 aromatic rings. The highest BCUT2D eigenvalue weighted by Crippen LogP contribution is 2.20. The number of nitrogens with two attached hydrogens (primary N) is 1. The summed E-state index contributed by atoms with van der Waals surface area (Å²) in [6.07, 6.45) is 0.216. The van der Waals surface area contributed by atoms with Crippen LogP contribution in [0, 0.1) is 0 Å². The van der Waals surface area contributed by atoms with E-state index in [0.717, 1.165) is 4.88 Å². The van der Waals surface area contributed by atoms with E-state index in [1.165, 1.54) is 0 Å². The van der Waals surface area contributed by atoms with Crippen molar-refractivity contribution in [2.45, 2.75) is 38.8 Å². The Morgan fingerprint density at radius 3 is 2.72 bits per heavy atom. The van der Waals surface area contributed by atoms with Crippen molar-refractivity contribution in [1.29, 1.82) is 0 Å². The summed E-state index contributed by atoms with van der Waals surface area (Å²) < 4.78 is 5.18. The summed E-state index contributed by atoms with van der Waals surface area (Å²) in [5.41, 5.74) is 5.14. The Bertz CT molecular complexity index is 401. The number of hydrogen-bond donors (Lipinski definition) is 2. The van der Waals surface area contributed by atoms with Gasteiger partial charge in [-0.25, -0.2) is 4.79 Å². The van der Waals surface area contributed by atoms with E-state index in [1.54, 1.807) is 11.3 Å². The molecule has 0 spiro atoms. The number of thiophene rings is 1. The molecule has 0 aromatic carbocycles. The van der Waals surface area contributed by atoms with Crippen molar-refractivity contribution < 1.29 is 9.53 Å². The van der Waals surface area contributed by atoms with E-state index in [9.17, 15) is 4.79 Å². The minimum Gasteiger partial charge on any atom is -0.444 e. The van der Waals surface area contributed by atoms with Crippen LogP contribution < -0.4 is 11.1 Å². The van der Waals surface area contributed by atoms with Crippen LogP contribution in [0.1, 0.15) is 25.6 Å². The number of alkyl carbamates (subject to hydrolysis) is 1. The van der Waals surface area contributed by atoms with Crippen LogP contribution in [-0.4, -0.2) is 24.3 Å². The minimum atomic E-state index is -0.504. The summed E-state index contributed by atoms with van der Waals surface area (Å²) in [5, 5.41) is 5.33. The smallest absolute Gasteiger partial charge is 0.407 e. The first-order valence-electron chi connectivity index (χ1n) is 5.72. The van der Waals surface area contributed by atoms with Crippen molar-refractivity contribution in [2.24, 2.45) is 5.73 Å². The number of ether oxygens (including phenoxy) is 1. The third kappa shape index (κ3) is 5.71. The lowest BCUT2D eigenvalue weighted by Crippen LogP contribution is -2.44. The van der Waals surface area contributed by atoms with Crippen molar-refractivity contribution in [3.8, 4) is 0 Å². The second-order valence-corrected chi connectivity index (χ2v) is 6.45. The molecule has 0 saturated heterocycles. The summed E-state index contributed by atoms with van der Waals surface area (Å²) >= 11 is 7.40. The van der Waals surface area contributed by atoms with Gasteiger partial charge in [0.25, 0.3) is 0 Å². The molecule has 0 bridgehead atoms. The summed E-state index contributed by atoms with van der Waals surface area (Å²) in [4.78, 5) is 12.7. The fraction of sp³-hybridized carbons (Fsp3) is 0.583. The Labute approximate surface area is 116 Å². The zero-order valence-corrected chi connectivity index (χ0v) is 12.4. The molecule has 0 fully saturated rings. The molecule has 1 unspecified atom stereocenters. The van der Waals surface area contributed by atoms with Gasteiger partial charge in [-0.05, 0) is 26.8 Å². The number of halogens is 1. The minimum absolute atomic E-state index is 0.144. The van der Waals surface area contributed by atoms with Gasteiger partial charge in [-0.3, -0.25) is 0 Å². The zero-order chi connectivity index (χ0) is 13.8. The second-order valence-electron chi connectivity index (χ2n) is 5.01. The van der Waals surface area contributed by atoms with Crippen LogP contribution >= 0.6 is 22.9 Å². The molecule has 0 radical (unpaired) electrons. The number of carbonyl (C=O) groups excluding carboxylic acids is 1. The number of hydrogen-bond acceptors (Lipinski definition) is 4. The van der Waals surface area contributed by atoms with E-state index in [2.05, 4.69) is 5.32 Å². The zero-order valence-electron chi connectivity index (χ0n) is 10.8. The third-order valence-electron chi connectivity index (χ3n) is 2.07. The lowest BCUT2D eigenvalue weighted by molar-refractivity contribution is 0.0506. The second kappa shape index (κ2) is 6.41. The highest BCUT2D eigenvalue weighted by atomic mass is 35.5. The molecule has 18 heavy (non-hydrogen) atoms. The predicted octanol–water partition coefficient (Wildman–Crippen LogP) is 2.80. The van der Waals surface area contributed by atoms with E-state index in [0.29, 0.717) is 18.0 Å². The standard InChI is InChI=1S/C12H19ClN2O2S/c1-12(2,3)17-11(16)15-9(6-14)5-10-4-8(13)7-18-10/h4,7,9H,5-6,14H2,1-3H3,(H,15,16). The molecule has 6 heteroatoms. The summed E-state index contributed by atoms with van der Waals surface area (Å²) in [6.45, 7) is 5.82. The van der Waals surface area contributed by atoms with Gasteiger partial charge in [-0.15, -0.1) is 11.3 Å². The first-order valence-corrected chi connectivity index (χ1v) is 6.98. The maximum Gasteiger partial charge on any atom is 0.407 e. The van der Waals surface area contributed by atoms with Crippen molar-refractivity contribution >= 4 is 29.0 Å². The Kier molecular flexibility index (Phi) is 5.44. The van der Waals surface area contributed by atoms with E-state index in [1.807, 2.05) is 32.2 Å². The fourth-order valence-electron chi connectivity index (χ4n) is 1.37. The van der Waals surface area contributed by atoms with Crippen molar-refractivity contribution in [3.63, 3.8) is 0 Å².